The lowest BCUT2D eigenvalue weighted by Gasteiger charge is -2.37. The summed E-state index contributed by atoms with van der Waals surface area (Å²) in [6, 6.07) is 15.0. The number of benzene rings is 2. The van der Waals surface area contributed by atoms with Gasteiger partial charge in [-0.15, -0.1) is 0 Å². The van der Waals surface area contributed by atoms with Gasteiger partial charge in [-0.05, 0) is 57.0 Å². The lowest BCUT2D eigenvalue weighted by atomic mass is 10.1. The minimum atomic E-state index is 0.0267. The van der Waals surface area contributed by atoms with E-state index in [1.807, 2.05) is 4.90 Å². The Morgan fingerprint density at radius 2 is 1.62 bits per heavy atom. The standard InChI is InChI=1S/C24H34N4O/c1-5-26(6-2)22-11-12-23(20(4)17-22)27-13-15-28(16-14-27)24(29)25-18-21-9-7-19(3)8-10-21/h7-12,17H,5-6,13-16,18H2,1-4H3,(H,25,29). The Bertz CT molecular complexity index is 806. The van der Waals surface area contributed by atoms with E-state index in [4.69, 9.17) is 0 Å². The van der Waals surface area contributed by atoms with Crippen LogP contribution in [-0.4, -0.2) is 50.2 Å². The van der Waals surface area contributed by atoms with Crippen LogP contribution < -0.4 is 15.1 Å². The van der Waals surface area contributed by atoms with Crippen molar-refractivity contribution in [2.24, 2.45) is 0 Å². The highest BCUT2D eigenvalue weighted by atomic mass is 16.2. The second-order valence-corrected chi connectivity index (χ2v) is 7.76. The van der Waals surface area contributed by atoms with Crippen LogP contribution in [0.25, 0.3) is 0 Å². The Morgan fingerprint density at radius 1 is 0.966 bits per heavy atom. The number of nitrogens with zero attached hydrogens (tertiary/aromatic N) is 3. The molecule has 1 N–H and O–H groups in total. The Hall–Kier alpha value is -2.69. The summed E-state index contributed by atoms with van der Waals surface area (Å²) in [6.45, 7) is 14.5. The molecule has 2 aromatic carbocycles. The molecular formula is C24H34N4O. The number of hydrogen-bond donors (Lipinski definition) is 1. The lowest BCUT2D eigenvalue weighted by molar-refractivity contribution is 0.194. The van der Waals surface area contributed by atoms with Gasteiger partial charge in [-0.3, -0.25) is 0 Å². The molecule has 0 atom stereocenters. The minimum absolute atomic E-state index is 0.0267. The van der Waals surface area contributed by atoms with Crippen molar-refractivity contribution in [1.82, 2.24) is 10.2 Å². The molecule has 0 aromatic heterocycles. The molecule has 1 fully saturated rings. The monoisotopic (exact) mass is 394 g/mol. The third kappa shape index (κ3) is 5.22. The summed E-state index contributed by atoms with van der Waals surface area (Å²) in [5, 5.41) is 3.05. The number of carbonyl (C=O) groups excluding carboxylic acids is 1. The highest BCUT2D eigenvalue weighted by molar-refractivity contribution is 5.74. The summed E-state index contributed by atoms with van der Waals surface area (Å²) in [6.07, 6.45) is 0. The first-order valence-electron chi connectivity index (χ1n) is 10.7. The lowest BCUT2D eigenvalue weighted by Crippen LogP contribution is -2.51. The van der Waals surface area contributed by atoms with E-state index in [2.05, 4.69) is 85.3 Å². The maximum absolute atomic E-state index is 12.5. The largest absolute Gasteiger partial charge is 0.372 e. The van der Waals surface area contributed by atoms with Gasteiger partial charge in [-0.2, -0.15) is 0 Å². The SMILES string of the molecule is CCN(CC)c1ccc(N2CCN(C(=O)NCc3ccc(C)cc3)CC2)c(C)c1. The average molecular weight is 395 g/mol. The van der Waals surface area contributed by atoms with Crippen molar-refractivity contribution in [3.63, 3.8) is 0 Å². The number of anilines is 2. The van der Waals surface area contributed by atoms with Gasteiger partial charge < -0.3 is 20.0 Å². The Morgan fingerprint density at radius 3 is 2.21 bits per heavy atom. The normalized spacial score (nSPS) is 14.1. The third-order valence-electron chi connectivity index (χ3n) is 5.78. The number of urea groups is 1. The first-order valence-corrected chi connectivity index (χ1v) is 10.7. The number of nitrogens with one attached hydrogen (secondary N) is 1. The van der Waals surface area contributed by atoms with E-state index < -0.39 is 0 Å². The van der Waals surface area contributed by atoms with E-state index in [9.17, 15) is 4.79 Å². The van der Waals surface area contributed by atoms with Crippen molar-refractivity contribution in [1.29, 1.82) is 0 Å². The molecule has 5 heteroatoms. The minimum Gasteiger partial charge on any atom is -0.372 e. The molecule has 0 bridgehead atoms. The molecule has 2 amide bonds. The van der Waals surface area contributed by atoms with Crippen LogP contribution in [0.1, 0.15) is 30.5 Å². The van der Waals surface area contributed by atoms with Gasteiger partial charge in [0.05, 0.1) is 0 Å². The van der Waals surface area contributed by atoms with Crippen LogP contribution in [0.4, 0.5) is 16.2 Å². The highest BCUT2D eigenvalue weighted by Crippen LogP contribution is 2.26. The number of carbonyl (C=O) groups is 1. The van der Waals surface area contributed by atoms with Gasteiger partial charge in [0, 0.05) is 57.2 Å². The molecule has 29 heavy (non-hydrogen) atoms. The van der Waals surface area contributed by atoms with Gasteiger partial charge in [0.1, 0.15) is 0 Å². The van der Waals surface area contributed by atoms with Gasteiger partial charge in [-0.1, -0.05) is 29.8 Å². The molecule has 2 aromatic rings. The van der Waals surface area contributed by atoms with Crippen LogP contribution in [0, 0.1) is 13.8 Å². The van der Waals surface area contributed by atoms with E-state index in [0.717, 1.165) is 44.8 Å². The number of hydrogen-bond acceptors (Lipinski definition) is 3. The summed E-state index contributed by atoms with van der Waals surface area (Å²) in [5.41, 5.74) is 6.22. The second kappa shape index (κ2) is 9.68. The summed E-state index contributed by atoms with van der Waals surface area (Å²) >= 11 is 0. The zero-order valence-electron chi connectivity index (χ0n) is 18.2. The summed E-state index contributed by atoms with van der Waals surface area (Å²) in [4.78, 5) is 19.2. The summed E-state index contributed by atoms with van der Waals surface area (Å²) < 4.78 is 0. The van der Waals surface area contributed by atoms with Gasteiger partial charge in [-0.25, -0.2) is 4.79 Å². The summed E-state index contributed by atoms with van der Waals surface area (Å²) in [7, 11) is 0. The van der Waals surface area contributed by atoms with Gasteiger partial charge in [0.15, 0.2) is 0 Å². The van der Waals surface area contributed by atoms with Crippen molar-refractivity contribution in [3.05, 3.63) is 59.2 Å². The molecular weight excluding hydrogens is 360 g/mol. The Kier molecular flexibility index (Phi) is 7.02. The van der Waals surface area contributed by atoms with E-state index in [1.165, 1.54) is 22.5 Å². The Balaban J connectivity index is 1.53. The predicted molar refractivity (Wildman–Crippen MR) is 122 cm³/mol. The molecule has 0 radical (unpaired) electrons. The van der Waals surface area contributed by atoms with Crippen LogP contribution in [-0.2, 0) is 6.54 Å². The fourth-order valence-corrected chi connectivity index (χ4v) is 3.93. The molecule has 1 aliphatic rings. The molecule has 1 saturated heterocycles. The zero-order valence-corrected chi connectivity index (χ0v) is 18.2. The topological polar surface area (TPSA) is 38.8 Å². The van der Waals surface area contributed by atoms with Crippen LogP contribution in [0.3, 0.4) is 0 Å². The summed E-state index contributed by atoms with van der Waals surface area (Å²) in [5.74, 6) is 0. The van der Waals surface area contributed by atoms with E-state index in [0.29, 0.717) is 6.54 Å². The van der Waals surface area contributed by atoms with Crippen molar-refractivity contribution in [2.75, 3.05) is 49.1 Å². The Labute approximate surface area is 175 Å². The fraction of sp³-hybridized carbons (Fsp3) is 0.458. The molecule has 5 nitrogen and oxygen atoms in total. The fourth-order valence-electron chi connectivity index (χ4n) is 3.93. The van der Waals surface area contributed by atoms with Gasteiger partial charge in [0.25, 0.3) is 0 Å². The van der Waals surface area contributed by atoms with Gasteiger partial charge in [0.2, 0.25) is 0 Å². The molecule has 0 aliphatic carbocycles. The van der Waals surface area contributed by atoms with Crippen LogP contribution in [0.5, 0.6) is 0 Å². The molecule has 1 heterocycles. The van der Waals surface area contributed by atoms with Crippen molar-refractivity contribution >= 4 is 17.4 Å². The molecule has 0 saturated carbocycles. The number of piperazine rings is 1. The maximum atomic E-state index is 12.5. The van der Waals surface area contributed by atoms with E-state index in [-0.39, 0.29) is 6.03 Å². The number of amides is 2. The van der Waals surface area contributed by atoms with Crippen molar-refractivity contribution in [3.8, 4) is 0 Å². The van der Waals surface area contributed by atoms with E-state index in [1.54, 1.807) is 0 Å². The van der Waals surface area contributed by atoms with Crippen molar-refractivity contribution < 1.29 is 4.79 Å². The predicted octanol–water partition coefficient (Wildman–Crippen LogP) is 4.18. The number of rotatable bonds is 6. The first-order chi connectivity index (χ1) is 14.0. The number of aryl methyl sites for hydroxylation is 2. The smallest absolute Gasteiger partial charge is 0.317 e. The molecule has 0 unspecified atom stereocenters. The average Bonchev–Trinajstić information content (AvgIpc) is 2.74. The van der Waals surface area contributed by atoms with E-state index >= 15 is 0 Å². The third-order valence-corrected chi connectivity index (χ3v) is 5.78. The molecule has 3 rings (SSSR count). The first kappa shape index (κ1) is 21.0. The van der Waals surface area contributed by atoms with Crippen LogP contribution in [0.15, 0.2) is 42.5 Å². The quantitative estimate of drug-likeness (QED) is 0.799. The molecule has 0 spiro atoms. The maximum Gasteiger partial charge on any atom is 0.317 e. The van der Waals surface area contributed by atoms with Crippen LogP contribution in [0.2, 0.25) is 0 Å². The molecule has 156 valence electrons. The van der Waals surface area contributed by atoms with Gasteiger partial charge >= 0.3 is 6.03 Å². The van der Waals surface area contributed by atoms with Crippen LogP contribution >= 0.6 is 0 Å². The zero-order chi connectivity index (χ0) is 20.8. The highest BCUT2D eigenvalue weighted by Gasteiger charge is 2.22. The second-order valence-electron chi connectivity index (χ2n) is 7.76. The molecule has 1 aliphatic heterocycles. The van der Waals surface area contributed by atoms with Crippen molar-refractivity contribution in [2.45, 2.75) is 34.2 Å².